The van der Waals surface area contributed by atoms with Gasteiger partial charge in [0.05, 0.1) is 6.04 Å². The van der Waals surface area contributed by atoms with Gasteiger partial charge in [-0.1, -0.05) is 0 Å². The number of amides is 3. The lowest BCUT2D eigenvalue weighted by molar-refractivity contribution is -0.145. The molecule has 3 N–H and O–H groups in total. The van der Waals surface area contributed by atoms with E-state index in [2.05, 4.69) is 5.32 Å². The molecule has 0 aromatic carbocycles. The molecule has 0 saturated carbocycles. The number of piperazine rings is 1. The maximum absolute atomic E-state index is 11.3. The lowest BCUT2D eigenvalue weighted by atomic mass is 10.2. The maximum atomic E-state index is 11.3. The van der Waals surface area contributed by atoms with E-state index in [9.17, 15) is 14.4 Å². The fourth-order valence-electron chi connectivity index (χ4n) is 1.08. The summed E-state index contributed by atoms with van der Waals surface area (Å²) in [5, 5.41) is 2.09. The van der Waals surface area contributed by atoms with E-state index in [1.807, 2.05) is 0 Å². The molecule has 0 unspecified atom stereocenters. The molecule has 1 aliphatic rings. The molecule has 3 amide bonds. The van der Waals surface area contributed by atoms with Gasteiger partial charge in [0, 0.05) is 0 Å². The Hall–Kier alpha value is -1.43. The first-order valence-electron chi connectivity index (χ1n) is 3.87. The SMILES string of the molecule is C[C@@H](N)C(=O)N1CC(=O)NC(=O)C1. The van der Waals surface area contributed by atoms with Gasteiger partial charge in [0.25, 0.3) is 0 Å². The summed E-state index contributed by atoms with van der Waals surface area (Å²) in [6.45, 7) is 1.33. The van der Waals surface area contributed by atoms with Crippen LogP contribution in [0.4, 0.5) is 0 Å². The number of nitrogens with two attached hydrogens (primary N) is 1. The number of hydrogen-bond acceptors (Lipinski definition) is 4. The molecular weight excluding hydrogens is 174 g/mol. The fourth-order valence-corrected chi connectivity index (χ4v) is 1.08. The van der Waals surface area contributed by atoms with E-state index >= 15 is 0 Å². The number of nitrogens with zero attached hydrogens (tertiary/aromatic N) is 1. The fraction of sp³-hybridized carbons (Fsp3) is 0.571. The smallest absolute Gasteiger partial charge is 0.246 e. The third-order valence-corrected chi connectivity index (χ3v) is 1.65. The van der Waals surface area contributed by atoms with Crippen LogP contribution in [0.2, 0.25) is 0 Å². The van der Waals surface area contributed by atoms with Gasteiger partial charge < -0.3 is 10.6 Å². The topological polar surface area (TPSA) is 92.5 Å². The zero-order valence-corrected chi connectivity index (χ0v) is 7.24. The van der Waals surface area contributed by atoms with Crippen molar-refractivity contribution in [2.45, 2.75) is 13.0 Å². The van der Waals surface area contributed by atoms with Crippen molar-refractivity contribution >= 4 is 17.7 Å². The number of nitrogens with one attached hydrogen (secondary N) is 1. The van der Waals surface area contributed by atoms with E-state index in [1.165, 1.54) is 6.92 Å². The van der Waals surface area contributed by atoms with Crippen molar-refractivity contribution in [2.75, 3.05) is 13.1 Å². The van der Waals surface area contributed by atoms with Crippen LogP contribution in [-0.2, 0) is 14.4 Å². The molecule has 0 spiro atoms. The summed E-state index contributed by atoms with van der Waals surface area (Å²) in [6, 6.07) is -0.682. The number of imide groups is 1. The van der Waals surface area contributed by atoms with Gasteiger partial charge >= 0.3 is 0 Å². The van der Waals surface area contributed by atoms with Gasteiger partial charge in [-0.2, -0.15) is 0 Å². The van der Waals surface area contributed by atoms with Crippen LogP contribution in [0.15, 0.2) is 0 Å². The van der Waals surface area contributed by atoms with Crippen molar-refractivity contribution in [3.63, 3.8) is 0 Å². The Morgan fingerprint density at radius 3 is 2.31 bits per heavy atom. The molecule has 0 radical (unpaired) electrons. The van der Waals surface area contributed by atoms with Crippen molar-refractivity contribution in [3.05, 3.63) is 0 Å². The summed E-state index contributed by atoms with van der Waals surface area (Å²) in [6.07, 6.45) is 0. The van der Waals surface area contributed by atoms with Gasteiger partial charge in [-0.25, -0.2) is 0 Å². The number of carbonyl (C=O) groups is 3. The molecule has 1 atom stereocenters. The van der Waals surface area contributed by atoms with Gasteiger partial charge in [0.2, 0.25) is 17.7 Å². The predicted molar refractivity (Wildman–Crippen MR) is 43.4 cm³/mol. The van der Waals surface area contributed by atoms with E-state index < -0.39 is 17.9 Å². The lowest BCUT2D eigenvalue weighted by Gasteiger charge is -2.26. The minimum Gasteiger partial charge on any atom is -0.323 e. The Labute approximate surface area is 75.1 Å². The van der Waals surface area contributed by atoms with Crippen molar-refractivity contribution in [1.82, 2.24) is 10.2 Å². The van der Waals surface area contributed by atoms with Crippen LogP contribution in [0.25, 0.3) is 0 Å². The highest BCUT2D eigenvalue weighted by Crippen LogP contribution is 1.97. The molecule has 13 heavy (non-hydrogen) atoms. The number of rotatable bonds is 1. The minimum absolute atomic E-state index is 0.0912. The van der Waals surface area contributed by atoms with E-state index in [-0.39, 0.29) is 19.0 Å². The first-order chi connectivity index (χ1) is 6.00. The van der Waals surface area contributed by atoms with Crippen LogP contribution in [0.5, 0.6) is 0 Å². The van der Waals surface area contributed by atoms with E-state index in [0.717, 1.165) is 4.90 Å². The minimum atomic E-state index is -0.682. The third-order valence-electron chi connectivity index (χ3n) is 1.65. The number of hydrogen-bond donors (Lipinski definition) is 2. The molecule has 1 rings (SSSR count). The quantitative estimate of drug-likeness (QED) is 0.454. The summed E-state index contributed by atoms with van der Waals surface area (Å²) in [4.78, 5) is 34.1. The van der Waals surface area contributed by atoms with E-state index in [0.29, 0.717) is 0 Å². The van der Waals surface area contributed by atoms with Crippen LogP contribution in [-0.4, -0.2) is 41.8 Å². The summed E-state index contributed by atoms with van der Waals surface area (Å²) >= 11 is 0. The van der Waals surface area contributed by atoms with Gasteiger partial charge in [0.15, 0.2) is 0 Å². The van der Waals surface area contributed by atoms with Gasteiger partial charge in [-0.05, 0) is 6.92 Å². The van der Waals surface area contributed by atoms with Crippen molar-refractivity contribution in [2.24, 2.45) is 5.73 Å². The monoisotopic (exact) mass is 185 g/mol. The molecule has 0 aliphatic carbocycles. The molecule has 0 aromatic rings. The van der Waals surface area contributed by atoms with E-state index in [4.69, 9.17) is 5.73 Å². The van der Waals surface area contributed by atoms with Gasteiger partial charge in [0.1, 0.15) is 13.1 Å². The Morgan fingerprint density at radius 2 is 1.92 bits per heavy atom. The zero-order chi connectivity index (χ0) is 10.0. The van der Waals surface area contributed by atoms with Crippen molar-refractivity contribution < 1.29 is 14.4 Å². The van der Waals surface area contributed by atoms with Crippen LogP contribution in [0.3, 0.4) is 0 Å². The Morgan fingerprint density at radius 1 is 1.46 bits per heavy atom. The molecule has 1 fully saturated rings. The van der Waals surface area contributed by atoms with Crippen LogP contribution < -0.4 is 11.1 Å². The Bertz CT molecular complexity index is 246. The second kappa shape index (κ2) is 3.53. The van der Waals surface area contributed by atoms with E-state index in [1.54, 1.807) is 0 Å². The van der Waals surface area contributed by atoms with Crippen LogP contribution >= 0.6 is 0 Å². The highest BCUT2D eigenvalue weighted by molar-refractivity contribution is 6.03. The van der Waals surface area contributed by atoms with Gasteiger partial charge in [-0.15, -0.1) is 0 Å². The molecular formula is C7H11N3O3. The highest BCUT2D eigenvalue weighted by Gasteiger charge is 2.27. The maximum Gasteiger partial charge on any atom is 0.246 e. The second-order valence-electron chi connectivity index (χ2n) is 2.95. The first-order valence-corrected chi connectivity index (χ1v) is 3.87. The first kappa shape index (κ1) is 9.66. The third kappa shape index (κ3) is 2.25. The average molecular weight is 185 g/mol. The highest BCUT2D eigenvalue weighted by atomic mass is 16.2. The summed E-state index contributed by atoms with van der Waals surface area (Å²) < 4.78 is 0. The molecule has 1 heterocycles. The predicted octanol–water partition coefficient (Wildman–Crippen LogP) is -2.18. The zero-order valence-electron chi connectivity index (χ0n) is 7.24. The van der Waals surface area contributed by atoms with Crippen molar-refractivity contribution in [3.8, 4) is 0 Å². The second-order valence-corrected chi connectivity index (χ2v) is 2.95. The number of carbonyl (C=O) groups excluding carboxylic acids is 3. The van der Waals surface area contributed by atoms with Crippen LogP contribution in [0.1, 0.15) is 6.92 Å². The molecule has 1 aliphatic heterocycles. The Kier molecular flexibility index (Phi) is 2.62. The molecule has 6 heteroatoms. The largest absolute Gasteiger partial charge is 0.323 e. The molecule has 1 saturated heterocycles. The molecule has 0 aromatic heterocycles. The van der Waals surface area contributed by atoms with Crippen LogP contribution in [0, 0.1) is 0 Å². The standard InChI is InChI=1S/C7H11N3O3/c1-4(8)7(13)10-2-5(11)9-6(12)3-10/h4H,2-3,8H2,1H3,(H,9,11,12)/t4-/m1/s1. The molecule has 72 valence electrons. The van der Waals surface area contributed by atoms with Gasteiger partial charge in [-0.3, -0.25) is 19.7 Å². The molecule has 0 bridgehead atoms. The lowest BCUT2D eigenvalue weighted by Crippen LogP contribution is -2.56. The Balaban J connectivity index is 2.65. The summed E-state index contributed by atoms with van der Waals surface area (Å²) in [5.74, 6) is -1.32. The molecule has 6 nitrogen and oxygen atoms in total. The average Bonchev–Trinajstić information content (AvgIpc) is 2.01. The summed E-state index contributed by atoms with van der Waals surface area (Å²) in [5.41, 5.74) is 5.32. The normalized spacial score (nSPS) is 19.7. The van der Waals surface area contributed by atoms with Crippen molar-refractivity contribution in [1.29, 1.82) is 0 Å². The summed E-state index contributed by atoms with van der Waals surface area (Å²) in [7, 11) is 0.